The van der Waals surface area contributed by atoms with Gasteiger partial charge in [0.2, 0.25) is 5.75 Å². The van der Waals surface area contributed by atoms with Crippen molar-refractivity contribution in [2.45, 2.75) is 6.92 Å². The minimum Gasteiger partial charge on any atom is -0.493 e. The first-order valence-electron chi connectivity index (χ1n) is 9.60. The van der Waals surface area contributed by atoms with Gasteiger partial charge in [-0.2, -0.15) is 0 Å². The maximum Gasteiger partial charge on any atom is 0.344 e. The molecule has 3 aromatic carbocycles. The summed E-state index contributed by atoms with van der Waals surface area (Å²) in [5, 5.41) is 0.726. The fraction of sp³-hybridized carbons (Fsp3) is 0.120. The predicted molar refractivity (Wildman–Crippen MR) is 118 cm³/mol. The Hall–Kier alpha value is -4.06. The van der Waals surface area contributed by atoms with Crippen molar-refractivity contribution in [1.82, 2.24) is 0 Å². The summed E-state index contributed by atoms with van der Waals surface area (Å²) in [5.41, 5.74) is 1.63. The van der Waals surface area contributed by atoms with Crippen molar-refractivity contribution in [1.29, 1.82) is 0 Å². The van der Waals surface area contributed by atoms with Gasteiger partial charge in [-0.05, 0) is 11.6 Å². The van der Waals surface area contributed by atoms with Crippen LogP contribution in [0.25, 0.3) is 33.2 Å². The Kier molecular flexibility index (Phi) is 5.45. The average Bonchev–Trinajstić information content (AvgIpc) is 2.79. The van der Waals surface area contributed by atoms with Crippen LogP contribution in [0.1, 0.15) is 6.92 Å². The second kappa shape index (κ2) is 8.36. The molecule has 0 saturated heterocycles. The molecule has 0 spiro atoms. The summed E-state index contributed by atoms with van der Waals surface area (Å²) in [7, 11) is 2.87. The summed E-state index contributed by atoms with van der Waals surface area (Å²) >= 11 is 0. The highest BCUT2D eigenvalue weighted by atomic mass is 16.6. The summed E-state index contributed by atoms with van der Waals surface area (Å²) in [6.45, 7) is 1.29. The molecule has 0 amide bonds. The first kappa shape index (κ1) is 20.2. The summed E-state index contributed by atoms with van der Waals surface area (Å²) in [5.74, 6) is 0.364. The van der Waals surface area contributed by atoms with Gasteiger partial charge in [-0.25, -0.2) is 4.79 Å². The molecular formula is C25H20O6. The van der Waals surface area contributed by atoms with E-state index in [0.29, 0.717) is 16.7 Å². The molecule has 1 heterocycles. The molecule has 0 aliphatic rings. The highest BCUT2D eigenvalue weighted by Crippen LogP contribution is 2.48. The monoisotopic (exact) mass is 416 g/mol. The van der Waals surface area contributed by atoms with Gasteiger partial charge in [-0.15, -0.1) is 0 Å². The Labute approximate surface area is 178 Å². The number of methoxy groups -OCH3 is 2. The van der Waals surface area contributed by atoms with Crippen LogP contribution in [-0.2, 0) is 4.79 Å². The van der Waals surface area contributed by atoms with Gasteiger partial charge in [0.25, 0.3) is 0 Å². The Bertz CT molecular complexity index is 1310. The van der Waals surface area contributed by atoms with E-state index in [0.717, 1.165) is 11.1 Å². The molecule has 0 saturated carbocycles. The maximum absolute atomic E-state index is 13.0. The first-order valence-corrected chi connectivity index (χ1v) is 9.60. The molecule has 0 bridgehead atoms. The lowest BCUT2D eigenvalue weighted by molar-refractivity contribution is -0.132. The number of fused-ring (bicyclic) bond motifs is 1. The number of hydrogen-bond acceptors (Lipinski definition) is 6. The van der Waals surface area contributed by atoms with E-state index in [1.165, 1.54) is 27.2 Å². The van der Waals surface area contributed by atoms with E-state index in [-0.39, 0.29) is 22.6 Å². The minimum absolute atomic E-state index is 0.104. The van der Waals surface area contributed by atoms with Gasteiger partial charge in [-0.3, -0.25) is 4.79 Å². The molecule has 0 aliphatic carbocycles. The molecule has 0 N–H and O–H groups in total. The lowest BCUT2D eigenvalue weighted by Gasteiger charge is -2.18. The van der Waals surface area contributed by atoms with Gasteiger partial charge in [0.15, 0.2) is 11.5 Å². The number of rotatable bonds is 5. The number of esters is 1. The summed E-state index contributed by atoms with van der Waals surface area (Å²) < 4.78 is 22.3. The first-order chi connectivity index (χ1) is 15.0. The molecule has 156 valence electrons. The molecule has 0 aliphatic heterocycles. The molecule has 1 aromatic heterocycles. The van der Waals surface area contributed by atoms with Gasteiger partial charge in [0.05, 0.1) is 19.6 Å². The van der Waals surface area contributed by atoms with E-state index in [9.17, 15) is 9.59 Å². The van der Waals surface area contributed by atoms with Crippen LogP contribution in [-0.4, -0.2) is 20.2 Å². The predicted octanol–water partition coefficient (Wildman–Crippen LogP) is 5.07. The van der Waals surface area contributed by atoms with Crippen molar-refractivity contribution in [3.8, 4) is 39.7 Å². The molecule has 31 heavy (non-hydrogen) atoms. The van der Waals surface area contributed by atoms with Crippen LogP contribution in [0.4, 0.5) is 0 Å². The van der Waals surface area contributed by atoms with Crippen LogP contribution in [0.3, 0.4) is 0 Å². The van der Waals surface area contributed by atoms with E-state index in [2.05, 4.69) is 0 Å². The van der Waals surface area contributed by atoms with Crippen molar-refractivity contribution >= 4 is 16.7 Å². The fourth-order valence-electron chi connectivity index (χ4n) is 3.60. The van der Waals surface area contributed by atoms with Crippen molar-refractivity contribution in [2.75, 3.05) is 14.2 Å². The van der Waals surface area contributed by atoms with E-state index >= 15 is 0 Å². The zero-order valence-electron chi connectivity index (χ0n) is 17.3. The number of carbonyl (C=O) groups is 1. The molecule has 0 unspecified atom stereocenters. The molecule has 6 nitrogen and oxygen atoms in total. The zero-order chi connectivity index (χ0) is 22.0. The van der Waals surface area contributed by atoms with Crippen molar-refractivity contribution in [3.63, 3.8) is 0 Å². The lowest BCUT2D eigenvalue weighted by Crippen LogP contribution is -2.09. The summed E-state index contributed by atoms with van der Waals surface area (Å²) in [6.07, 6.45) is 0. The van der Waals surface area contributed by atoms with E-state index in [1.807, 2.05) is 60.7 Å². The van der Waals surface area contributed by atoms with Crippen LogP contribution in [0.5, 0.6) is 17.2 Å². The molecule has 0 fully saturated rings. The van der Waals surface area contributed by atoms with Gasteiger partial charge in [-0.1, -0.05) is 60.7 Å². The second-order valence-electron chi connectivity index (χ2n) is 6.78. The third-order valence-corrected chi connectivity index (χ3v) is 4.86. The Morgan fingerprint density at radius 2 is 1.45 bits per heavy atom. The second-order valence-corrected chi connectivity index (χ2v) is 6.78. The number of benzene rings is 3. The number of hydrogen-bond donors (Lipinski definition) is 0. The molecule has 6 heteroatoms. The highest BCUT2D eigenvalue weighted by Gasteiger charge is 2.26. The largest absolute Gasteiger partial charge is 0.493 e. The van der Waals surface area contributed by atoms with Crippen LogP contribution in [0.2, 0.25) is 0 Å². The fourth-order valence-corrected chi connectivity index (χ4v) is 3.60. The standard InChI is InChI=1S/C25H20O6/c1-15(26)30-23-19(28-2)14-18-21(24(23)29-3)20(16-10-6-4-7-11-16)22(31-25(18)27)17-12-8-5-9-13-17/h4-14H,1-3H3. The van der Waals surface area contributed by atoms with E-state index < -0.39 is 11.6 Å². The van der Waals surface area contributed by atoms with Crippen LogP contribution >= 0.6 is 0 Å². The average molecular weight is 416 g/mol. The van der Waals surface area contributed by atoms with Crippen LogP contribution < -0.4 is 19.8 Å². The molecule has 4 rings (SSSR count). The van der Waals surface area contributed by atoms with Crippen molar-refractivity contribution in [3.05, 3.63) is 77.2 Å². The number of carbonyl (C=O) groups excluding carboxylic acids is 1. The van der Waals surface area contributed by atoms with Gasteiger partial charge >= 0.3 is 11.6 Å². The SMILES string of the molecule is COc1cc2c(=O)oc(-c3ccccc3)c(-c3ccccc3)c2c(OC)c1OC(C)=O. The topological polar surface area (TPSA) is 75.0 Å². The Morgan fingerprint density at radius 1 is 0.839 bits per heavy atom. The van der Waals surface area contributed by atoms with Gasteiger partial charge in [0.1, 0.15) is 5.76 Å². The van der Waals surface area contributed by atoms with Gasteiger partial charge < -0.3 is 18.6 Å². The van der Waals surface area contributed by atoms with Crippen LogP contribution in [0, 0.1) is 0 Å². The highest BCUT2D eigenvalue weighted by molar-refractivity contribution is 6.07. The third-order valence-electron chi connectivity index (χ3n) is 4.86. The van der Waals surface area contributed by atoms with Crippen molar-refractivity contribution in [2.24, 2.45) is 0 Å². The quantitative estimate of drug-likeness (QED) is 0.334. The van der Waals surface area contributed by atoms with E-state index in [1.54, 1.807) is 0 Å². The minimum atomic E-state index is -0.556. The third kappa shape index (κ3) is 3.64. The molecular weight excluding hydrogens is 396 g/mol. The normalized spacial score (nSPS) is 10.7. The molecule has 0 atom stereocenters. The Morgan fingerprint density at radius 3 is 2.00 bits per heavy atom. The van der Waals surface area contributed by atoms with Gasteiger partial charge in [0, 0.05) is 23.4 Å². The maximum atomic E-state index is 13.0. The van der Waals surface area contributed by atoms with Crippen LogP contribution in [0.15, 0.2) is 75.9 Å². The smallest absolute Gasteiger partial charge is 0.344 e. The van der Waals surface area contributed by atoms with Crippen molar-refractivity contribution < 1.29 is 23.4 Å². The molecule has 0 radical (unpaired) electrons. The zero-order valence-corrected chi connectivity index (χ0v) is 17.3. The summed E-state index contributed by atoms with van der Waals surface area (Å²) in [4.78, 5) is 24.8. The number of ether oxygens (including phenoxy) is 3. The Balaban J connectivity index is 2.24. The van der Waals surface area contributed by atoms with E-state index in [4.69, 9.17) is 18.6 Å². The molecule has 4 aromatic rings. The summed E-state index contributed by atoms with van der Waals surface area (Å²) in [6, 6.07) is 20.4. The lowest BCUT2D eigenvalue weighted by atomic mass is 9.94.